The molecule has 0 aromatic heterocycles. The first-order valence-electron chi connectivity index (χ1n) is 19.9. The normalized spacial score (nSPS) is 33.7. The molecule has 18 nitrogen and oxygen atoms in total. The number of nitrogens with zero attached hydrogens (tertiary/aromatic N) is 1. The first-order valence-corrected chi connectivity index (χ1v) is 19.9. The molecule has 322 valence electrons. The summed E-state index contributed by atoms with van der Waals surface area (Å²) >= 11 is 0. The topological polar surface area (TPSA) is 252 Å². The summed E-state index contributed by atoms with van der Waals surface area (Å²) in [7, 11) is 0. The summed E-state index contributed by atoms with van der Waals surface area (Å²) in [4.78, 5) is 51.8. The van der Waals surface area contributed by atoms with Crippen LogP contribution in [0.25, 0.3) is 0 Å². The van der Waals surface area contributed by atoms with E-state index in [9.17, 15) is 44.7 Å². The number of aliphatic hydroxyl groups excluding tert-OH is 5. The minimum absolute atomic E-state index is 0.0326. The monoisotopic (exact) mass is 811 g/mol. The number of rotatable bonds is 12. The van der Waals surface area contributed by atoms with Crippen LogP contribution < -0.4 is 15.4 Å². The van der Waals surface area contributed by atoms with Crippen LogP contribution in [0.15, 0.2) is 24.3 Å². The highest BCUT2D eigenvalue weighted by Gasteiger charge is 2.51. The molecule has 0 saturated carbocycles. The zero-order chi connectivity index (χ0) is 41.8. The Kier molecular flexibility index (Phi) is 17.9. The van der Waals surface area contributed by atoms with Gasteiger partial charge in [0.25, 0.3) is 0 Å². The molecule has 7 N–H and O–H groups in total. The fraction of sp³-hybridized carbons (Fsp3) is 0.744. The Labute approximate surface area is 333 Å². The van der Waals surface area contributed by atoms with E-state index in [1.54, 1.807) is 36.1 Å². The fourth-order valence-corrected chi connectivity index (χ4v) is 6.86. The Balaban J connectivity index is 1.47. The molecule has 4 rings (SSSR count). The molecular formula is C39H61N3O15. The number of esters is 2. The van der Waals surface area contributed by atoms with E-state index >= 15 is 0 Å². The molecule has 0 bridgehead atoms. The lowest BCUT2D eigenvalue weighted by molar-refractivity contribution is -0.355. The van der Waals surface area contributed by atoms with Gasteiger partial charge in [-0.2, -0.15) is 0 Å². The van der Waals surface area contributed by atoms with E-state index in [0.717, 1.165) is 5.56 Å². The van der Waals surface area contributed by atoms with Crippen LogP contribution in [0.1, 0.15) is 84.7 Å². The van der Waals surface area contributed by atoms with E-state index in [4.69, 9.17) is 28.4 Å². The van der Waals surface area contributed by atoms with Crippen molar-refractivity contribution in [2.75, 3.05) is 32.8 Å². The third-order valence-corrected chi connectivity index (χ3v) is 10.4. The molecule has 57 heavy (non-hydrogen) atoms. The van der Waals surface area contributed by atoms with E-state index in [0.29, 0.717) is 45.3 Å². The highest BCUT2D eigenvalue weighted by atomic mass is 16.8. The molecule has 13 atom stereocenters. The minimum atomic E-state index is -1.80. The number of hydrogen-bond donors (Lipinski definition) is 7. The average molecular weight is 812 g/mol. The lowest BCUT2D eigenvalue weighted by atomic mass is 9.97. The summed E-state index contributed by atoms with van der Waals surface area (Å²) in [6.45, 7) is 9.33. The van der Waals surface area contributed by atoms with Crippen LogP contribution in [-0.2, 0) is 42.9 Å². The van der Waals surface area contributed by atoms with E-state index in [-0.39, 0.29) is 42.9 Å². The van der Waals surface area contributed by atoms with Crippen molar-refractivity contribution in [3.05, 3.63) is 29.8 Å². The third kappa shape index (κ3) is 13.0. The number of aliphatic hydroxyl groups is 5. The summed E-state index contributed by atoms with van der Waals surface area (Å²) in [5.74, 6) is -1.18. The summed E-state index contributed by atoms with van der Waals surface area (Å²) in [6, 6.07) is 6.24. The van der Waals surface area contributed by atoms with Crippen LogP contribution in [0, 0.1) is 5.92 Å². The highest BCUT2D eigenvalue weighted by molar-refractivity contribution is 5.78. The Hall–Kier alpha value is -3.46. The SMILES string of the molecule is CCCC(=O)OC[C@H]1O[C@@H](O[C@H]2[C@H](Oc3ccc(C4CC(=O)NCCCN(C(=O)C(C)CC)CC(OC(C)=O)CCN4)cc3)O[C@@H](C)[C@H](O)[C@H]2O)[C@H](O)[C@@H](O)[C@@H]1O. The van der Waals surface area contributed by atoms with Crippen molar-refractivity contribution in [3.63, 3.8) is 0 Å². The van der Waals surface area contributed by atoms with Crippen molar-refractivity contribution in [1.29, 1.82) is 0 Å². The number of nitrogens with one attached hydrogen (secondary N) is 2. The van der Waals surface area contributed by atoms with E-state index in [1.165, 1.54) is 13.8 Å². The lowest BCUT2D eigenvalue weighted by Crippen LogP contribution is -2.64. The van der Waals surface area contributed by atoms with Crippen LogP contribution >= 0.6 is 0 Å². The summed E-state index contributed by atoms with van der Waals surface area (Å²) in [5, 5.41) is 59.8. The van der Waals surface area contributed by atoms with Gasteiger partial charge in [-0.15, -0.1) is 0 Å². The van der Waals surface area contributed by atoms with Crippen LogP contribution in [0.3, 0.4) is 0 Å². The Bertz CT molecular complexity index is 1450. The van der Waals surface area contributed by atoms with Gasteiger partial charge in [0, 0.05) is 44.8 Å². The maximum atomic E-state index is 13.1. The van der Waals surface area contributed by atoms with Gasteiger partial charge in [0.15, 0.2) is 12.4 Å². The third-order valence-electron chi connectivity index (χ3n) is 10.4. The average Bonchev–Trinajstić information content (AvgIpc) is 3.19. The number of amides is 2. The highest BCUT2D eigenvalue weighted by Crippen LogP contribution is 2.31. The molecule has 3 heterocycles. The van der Waals surface area contributed by atoms with E-state index in [1.807, 2.05) is 13.8 Å². The Morgan fingerprint density at radius 2 is 1.67 bits per heavy atom. The molecule has 1 aromatic rings. The van der Waals surface area contributed by atoms with Gasteiger partial charge in [-0.05, 0) is 56.8 Å². The van der Waals surface area contributed by atoms with Gasteiger partial charge in [0.2, 0.25) is 18.1 Å². The minimum Gasteiger partial charge on any atom is -0.463 e. The molecule has 3 aliphatic heterocycles. The Morgan fingerprint density at radius 1 is 0.947 bits per heavy atom. The molecule has 2 amide bonds. The first kappa shape index (κ1) is 46.2. The summed E-state index contributed by atoms with van der Waals surface area (Å²) < 4.78 is 34.3. The molecule has 0 aliphatic carbocycles. The standard InChI is InChI=1S/C39H61N3O15/c1-6-9-30(45)52-20-28-32(47)33(48)35(50)38(56-28)57-36-34(49)31(46)22(4)53-39(36)55-25-12-10-24(11-13-25)27-18-29(44)41-15-8-17-42(37(51)21(3)7-2)19-26(14-16-40-27)54-23(5)43/h10-13,21-22,26-28,31-36,38-40,46-50H,6-9,14-20H2,1-5H3,(H,41,44)/t21?,22-,26?,27?,28+,31-,32+,33-,34+,35+,36+,38-,39-/m0/s1. The maximum Gasteiger partial charge on any atom is 0.305 e. The van der Waals surface area contributed by atoms with Crippen molar-refractivity contribution >= 4 is 23.8 Å². The number of hydrogen-bond acceptors (Lipinski definition) is 16. The first-order chi connectivity index (χ1) is 27.1. The van der Waals surface area contributed by atoms with Gasteiger partial charge in [-0.1, -0.05) is 32.9 Å². The second kappa shape index (κ2) is 22.1. The van der Waals surface area contributed by atoms with Gasteiger partial charge in [-0.25, -0.2) is 0 Å². The summed E-state index contributed by atoms with van der Waals surface area (Å²) in [5.41, 5.74) is 0.725. The predicted octanol–water partition coefficient (Wildman–Crippen LogP) is -0.195. The van der Waals surface area contributed by atoms with Crippen LogP contribution in [0.2, 0.25) is 0 Å². The smallest absolute Gasteiger partial charge is 0.305 e. The molecule has 1 aromatic carbocycles. The zero-order valence-electron chi connectivity index (χ0n) is 33.4. The molecule has 3 fully saturated rings. The second-order valence-corrected chi connectivity index (χ2v) is 15.0. The predicted molar refractivity (Wildman–Crippen MR) is 200 cm³/mol. The number of carbonyl (C=O) groups is 4. The molecular weight excluding hydrogens is 750 g/mol. The van der Waals surface area contributed by atoms with Gasteiger partial charge < -0.3 is 69.5 Å². The fourth-order valence-electron chi connectivity index (χ4n) is 6.86. The molecule has 3 saturated heterocycles. The summed E-state index contributed by atoms with van der Waals surface area (Å²) in [6.07, 6.45) is -13.2. The van der Waals surface area contributed by atoms with Crippen molar-refractivity contribution in [1.82, 2.24) is 15.5 Å². The molecule has 0 radical (unpaired) electrons. The molecule has 3 aliphatic rings. The van der Waals surface area contributed by atoms with Crippen molar-refractivity contribution < 1.29 is 73.1 Å². The molecule has 3 unspecified atom stereocenters. The zero-order valence-corrected chi connectivity index (χ0v) is 33.4. The van der Waals surface area contributed by atoms with Gasteiger partial charge >= 0.3 is 11.9 Å². The number of carbonyl (C=O) groups excluding carboxylic acids is 4. The molecule has 0 spiro atoms. The molecule has 18 heteroatoms. The number of benzene rings is 1. The van der Waals surface area contributed by atoms with Crippen LogP contribution in [-0.4, -0.2) is 154 Å². The van der Waals surface area contributed by atoms with Gasteiger partial charge in [0.1, 0.15) is 55.1 Å². The second-order valence-electron chi connectivity index (χ2n) is 15.0. The maximum absolute atomic E-state index is 13.1. The van der Waals surface area contributed by atoms with Crippen LogP contribution in [0.5, 0.6) is 5.75 Å². The number of ether oxygens (including phenoxy) is 6. The lowest BCUT2D eigenvalue weighted by Gasteiger charge is -2.45. The van der Waals surface area contributed by atoms with E-state index in [2.05, 4.69) is 10.6 Å². The van der Waals surface area contributed by atoms with Gasteiger partial charge in [0.05, 0.1) is 12.6 Å². The van der Waals surface area contributed by atoms with Crippen molar-refractivity contribution in [2.45, 2.75) is 147 Å². The van der Waals surface area contributed by atoms with Crippen molar-refractivity contribution in [3.8, 4) is 5.75 Å². The largest absolute Gasteiger partial charge is 0.463 e. The Morgan fingerprint density at radius 3 is 2.33 bits per heavy atom. The quantitative estimate of drug-likeness (QED) is 0.135. The van der Waals surface area contributed by atoms with E-state index < -0.39 is 92.1 Å². The van der Waals surface area contributed by atoms with Crippen LogP contribution in [0.4, 0.5) is 0 Å². The van der Waals surface area contributed by atoms with Crippen molar-refractivity contribution in [2.24, 2.45) is 5.92 Å². The van der Waals surface area contributed by atoms with Gasteiger partial charge in [-0.3, -0.25) is 19.2 Å².